The van der Waals surface area contributed by atoms with Crippen LogP contribution in [0.4, 0.5) is 0 Å². The Kier molecular flexibility index (Phi) is 7.55. The fraction of sp³-hybridized carbons (Fsp3) is 0.286. The minimum absolute atomic E-state index is 0.224. The molecule has 0 aliphatic heterocycles. The Morgan fingerprint density at radius 1 is 0.963 bits per heavy atom. The van der Waals surface area contributed by atoms with Crippen molar-refractivity contribution < 1.29 is 23.7 Å². The van der Waals surface area contributed by atoms with Crippen LogP contribution in [0.3, 0.4) is 0 Å². The molecule has 1 amide bonds. The minimum atomic E-state index is -0.224. The highest BCUT2D eigenvalue weighted by Gasteiger charge is 2.14. The Morgan fingerprint density at radius 2 is 1.70 bits per heavy atom. The van der Waals surface area contributed by atoms with Crippen molar-refractivity contribution >= 4 is 12.0 Å². The summed E-state index contributed by atoms with van der Waals surface area (Å²) in [4.78, 5) is 12.2. The summed E-state index contributed by atoms with van der Waals surface area (Å²) >= 11 is 0. The summed E-state index contributed by atoms with van der Waals surface area (Å²) in [6.07, 6.45) is 3.12. The molecule has 0 aliphatic rings. The maximum absolute atomic E-state index is 12.2. The van der Waals surface area contributed by atoms with Crippen molar-refractivity contribution in [2.45, 2.75) is 13.5 Å². The number of para-hydroxylation sites is 1. The number of benzene rings is 2. The van der Waals surface area contributed by atoms with E-state index in [1.807, 2.05) is 31.2 Å². The Bertz CT molecular complexity index is 801. The van der Waals surface area contributed by atoms with Crippen molar-refractivity contribution in [2.75, 3.05) is 27.9 Å². The van der Waals surface area contributed by atoms with Crippen LogP contribution in [0.5, 0.6) is 23.0 Å². The molecule has 2 aromatic carbocycles. The van der Waals surface area contributed by atoms with E-state index in [1.165, 1.54) is 13.2 Å². The van der Waals surface area contributed by atoms with E-state index >= 15 is 0 Å². The van der Waals surface area contributed by atoms with Gasteiger partial charge in [-0.2, -0.15) is 0 Å². The molecule has 0 saturated heterocycles. The molecule has 2 aromatic rings. The molecule has 6 nitrogen and oxygen atoms in total. The Labute approximate surface area is 159 Å². The summed E-state index contributed by atoms with van der Waals surface area (Å²) < 4.78 is 21.6. The molecule has 0 bridgehead atoms. The van der Waals surface area contributed by atoms with Gasteiger partial charge >= 0.3 is 0 Å². The lowest BCUT2D eigenvalue weighted by atomic mass is 10.1. The van der Waals surface area contributed by atoms with Crippen molar-refractivity contribution in [1.29, 1.82) is 0 Å². The number of ether oxygens (including phenoxy) is 4. The van der Waals surface area contributed by atoms with Crippen LogP contribution in [-0.2, 0) is 11.3 Å². The molecule has 1 N–H and O–H groups in total. The highest BCUT2D eigenvalue weighted by molar-refractivity contribution is 5.92. The molecule has 0 fully saturated rings. The first-order chi connectivity index (χ1) is 13.1. The molecule has 0 radical (unpaired) electrons. The molecule has 0 aromatic heterocycles. The van der Waals surface area contributed by atoms with Gasteiger partial charge in [-0.05, 0) is 31.2 Å². The quantitative estimate of drug-likeness (QED) is 0.684. The third-order valence-electron chi connectivity index (χ3n) is 3.87. The van der Waals surface area contributed by atoms with Crippen molar-refractivity contribution in [3.8, 4) is 23.0 Å². The molecule has 0 spiro atoms. The van der Waals surface area contributed by atoms with Crippen LogP contribution in [0.2, 0.25) is 0 Å². The Hall–Kier alpha value is -3.15. The van der Waals surface area contributed by atoms with E-state index in [-0.39, 0.29) is 5.91 Å². The van der Waals surface area contributed by atoms with Crippen molar-refractivity contribution in [3.63, 3.8) is 0 Å². The van der Waals surface area contributed by atoms with Crippen LogP contribution in [0, 0.1) is 0 Å². The number of methoxy groups -OCH3 is 3. The summed E-state index contributed by atoms with van der Waals surface area (Å²) in [6, 6.07) is 11.2. The average molecular weight is 371 g/mol. The van der Waals surface area contributed by atoms with Gasteiger partial charge in [-0.3, -0.25) is 4.79 Å². The monoisotopic (exact) mass is 371 g/mol. The van der Waals surface area contributed by atoms with Crippen LogP contribution in [-0.4, -0.2) is 33.8 Å². The highest BCUT2D eigenvalue weighted by atomic mass is 16.5. The van der Waals surface area contributed by atoms with Crippen molar-refractivity contribution in [3.05, 3.63) is 53.6 Å². The SMILES string of the molecule is CCOc1ccccc1CNC(=O)/C=C/c1ccc(OC)c(OC)c1OC. The van der Waals surface area contributed by atoms with E-state index < -0.39 is 0 Å². The van der Waals surface area contributed by atoms with Crippen LogP contribution >= 0.6 is 0 Å². The third kappa shape index (κ3) is 5.17. The zero-order valence-electron chi connectivity index (χ0n) is 16.1. The second kappa shape index (κ2) is 10.1. The van der Waals surface area contributed by atoms with Gasteiger partial charge in [0.05, 0.1) is 27.9 Å². The maximum Gasteiger partial charge on any atom is 0.244 e. The fourth-order valence-electron chi connectivity index (χ4n) is 2.61. The molecular formula is C21H25NO5. The van der Waals surface area contributed by atoms with Gasteiger partial charge in [0.15, 0.2) is 11.5 Å². The van der Waals surface area contributed by atoms with Gasteiger partial charge in [0, 0.05) is 23.7 Å². The van der Waals surface area contributed by atoms with Crippen LogP contribution < -0.4 is 24.3 Å². The zero-order chi connectivity index (χ0) is 19.6. The summed E-state index contributed by atoms with van der Waals surface area (Å²) in [5.74, 6) is 2.09. The Balaban J connectivity index is 2.09. The van der Waals surface area contributed by atoms with E-state index in [2.05, 4.69) is 5.32 Å². The van der Waals surface area contributed by atoms with E-state index in [0.29, 0.717) is 36.0 Å². The van der Waals surface area contributed by atoms with Gasteiger partial charge in [-0.1, -0.05) is 18.2 Å². The summed E-state index contributed by atoms with van der Waals surface area (Å²) in [6.45, 7) is 2.88. The van der Waals surface area contributed by atoms with Crippen molar-refractivity contribution in [2.24, 2.45) is 0 Å². The molecule has 0 unspecified atom stereocenters. The predicted octanol–water partition coefficient (Wildman–Crippen LogP) is 3.44. The van der Waals surface area contributed by atoms with Gasteiger partial charge in [-0.25, -0.2) is 0 Å². The average Bonchev–Trinajstić information content (AvgIpc) is 2.70. The first-order valence-corrected chi connectivity index (χ1v) is 8.60. The standard InChI is InChI=1S/C21H25NO5/c1-5-27-17-9-7-6-8-16(17)14-22-19(23)13-11-15-10-12-18(24-2)21(26-4)20(15)25-3/h6-13H,5,14H2,1-4H3,(H,22,23)/b13-11+. The smallest absolute Gasteiger partial charge is 0.244 e. The molecule has 0 saturated carbocycles. The van der Waals surface area contributed by atoms with E-state index in [4.69, 9.17) is 18.9 Å². The van der Waals surface area contributed by atoms with E-state index in [0.717, 1.165) is 11.3 Å². The molecular weight excluding hydrogens is 346 g/mol. The lowest BCUT2D eigenvalue weighted by Crippen LogP contribution is -2.20. The van der Waals surface area contributed by atoms with Crippen molar-refractivity contribution in [1.82, 2.24) is 5.32 Å². The van der Waals surface area contributed by atoms with E-state index in [9.17, 15) is 4.79 Å². The summed E-state index contributed by atoms with van der Waals surface area (Å²) in [7, 11) is 4.64. The molecule has 6 heteroatoms. The maximum atomic E-state index is 12.2. The predicted molar refractivity (Wildman–Crippen MR) is 105 cm³/mol. The topological polar surface area (TPSA) is 66.0 Å². The molecule has 0 heterocycles. The number of carbonyl (C=O) groups excluding carboxylic acids is 1. The number of hydrogen-bond acceptors (Lipinski definition) is 5. The van der Waals surface area contributed by atoms with Gasteiger partial charge < -0.3 is 24.3 Å². The largest absolute Gasteiger partial charge is 0.494 e. The van der Waals surface area contributed by atoms with Crippen LogP contribution in [0.1, 0.15) is 18.1 Å². The first-order valence-electron chi connectivity index (χ1n) is 8.60. The molecule has 0 aliphatic carbocycles. The van der Waals surface area contributed by atoms with Crippen LogP contribution in [0.15, 0.2) is 42.5 Å². The summed E-state index contributed by atoms with van der Waals surface area (Å²) in [5.41, 5.74) is 1.63. The summed E-state index contributed by atoms with van der Waals surface area (Å²) in [5, 5.41) is 2.85. The molecule has 0 atom stereocenters. The first kappa shape index (κ1) is 20.2. The highest BCUT2D eigenvalue weighted by Crippen LogP contribution is 2.40. The number of rotatable bonds is 9. The van der Waals surface area contributed by atoms with Gasteiger partial charge in [0.1, 0.15) is 5.75 Å². The third-order valence-corrected chi connectivity index (χ3v) is 3.87. The number of carbonyl (C=O) groups is 1. The number of nitrogens with one attached hydrogen (secondary N) is 1. The number of amides is 1. The Morgan fingerprint density at radius 3 is 2.37 bits per heavy atom. The lowest BCUT2D eigenvalue weighted by molar-refractivity contribution is -0.116. The molecule has 144 valence electrons. The molecule has 2 rings (SSSR count). The second-order valence-corrected chi connectivity index (χ2v) is 5.52. The fourth-order valence-corrected chi connectivity index (χ4v) is 2.61. The van der Waals surface area contributed by atoms with Gasteiger partial charge in [0.2, 0.25) is 11.7 Å². The number of hydrogen-bond donors (Lipinski definition) is 1. The minimum Gasteiger partial charge on any atom is -0.494 e. The van der Waals surface area contributed by atoms with Gasteiger partial charge in [0.25, 0.3) is 0 Å². The van der Waals surface area contributed by atoms with Crippen LogP contribution in [0.25, 0.3) is 6.08 Å². The lowest BCUT2D eigenvalue weighted by Gasteiger charge is -2.14. The normalized spacial score (nSPS) is 10.5. The molecule has 27 heavy (non-hydrogen) atoms. The second-order valence-electron chi connectivity index (χ2n) is 5.52. The zero-order valence-corrected chi connectivity index (χ0v) is 16.1. The van der Waals surface area contributed by atoms with Gasteiger partial charge in [-0.15, -0.1) is 0 Å². The van der Waals surface area contributed by atoms with E-state index in [1.54, 1.807) is 32.4 Å².